The average Bonchev–Trinajstić information content (AvgIpc) is 2.33. The largest absolute Gasteiger partial charge is 0.478 e. The minimum absolute atomic E-state index is 0.213. The van der Waals surface area contributed by atoms with Crippen molar-refractivity contribution in [2.45, 2.75) is 37.9 Å². The van der Waals surface area contributed by atoms with Crippen molar-refractivity contribution in [3.8, 4) is 0 Å². The Labute approximate surface area is 101 Å². The van der Waals surface area contributed by atoms with Crippen LogP contribution in [0.3, 0.4) is 0 Å². The van der Waals surface area contributed by atoms with Crippen LogP contribution in [0.25, 0.3) is 0 Å². The van der Waals surface area contributed by atoms with Crippen molar-refractivity contribution in [3.05, 3.63) is 35.4 Å². The van der Waals surface area contributed by atoms with Crippen LogP contribution in [-0.4, -0.2) is 23.2 Å². The van der Waals surface area contributed by atoms with Gasteiger partial charge in [0.1, 0.15) is 0 Å². The van der Waals surface area contributed by atoms with E-state index in [9.17, 15) is 4.79 Å². The van der Waals surface area contributed by atoms with Crippen molar-refractivity contribution < 1.29 is 9.90 Å². The zero-order valence-electron chi connectivity index (χ0n) is 9.89. The highest BCUT2D eigenvalue weighted by molar-refractivity contribution is 5.87. The maximum absolute atomic E-state index is 10.8. The molecule has 3 unspecified atom stereocenters. The summed E-state index contributed by atoms with van der Waals surface area (Å²) in [6, 6.07) is 7.86. The Morgan fingerprint density at radius 3 is 2.53 bits per heavy atom. The lowest BCUT2D eigenvalue weighted by Gasteiger charge is -2.33. The monoisotopic (exact) mass is 234 g/mol. The number of nitrogens with one attached hydrogen (secondary N) is 1. The third-order valence-corrected chi connectivity index (χ3v) is 3.45. The Morgan fingerprint density at radius 1 is 1.35 bits per heavy atom. The number of hydrogen-bond acceptors (Lipinski definition) is 3. The first-order chi connectivity index (χ1) is 8.08. The predicted octanol–water partition coefficient (Wildman–Crippen LogP) is 1.53. The lowest BCUT2D eigenvalue weighted by molar-refractivity contribution is 0.0697. The fourth-order valence-electron chi connectivity index (χ4n) is 2.25. The van der Waals surface area contributed by atoms with Crippen molar-refractivity contribution in [2.24, 2.45) is 5.73 Å². The Balaban J connectivity index is 2.10. The number of piperidine rings is 1. The van der Waals surface area contributed by atoms with Gasteiger partial charge in [0.25, 0.3) is 0 Å². The highest BCUT2D eigenvalue weighted by Gasteiger charge is 2.24. The first-order valence-corrected chi connectivity index (χ1v) is 5.93. The van der Waals surface area contributed by atoms with E-state index in [0.717, 1.165) is 18.4 Å². The van der Waals surface area contributed by atoms with Crippen molar-refractivity contribution in [3.63, 3.8) is 0 Å². The lowest BCUT2D eigenvalue weighted by atomic mass is 9.91. The van der Waals surface area contributed by atoms with Gasteiger partial charge in [0.05, 0.1) is 5.56 Å². The zero-order chi connectivity index (χ0) is 12.4. The molecule has 1 aromatic rings. The number of carboxylic acid groups (broad SMARTS) is 1. The smallest absolute Gasteiger partial charge is 0.335 e. The minimum atomic E-state index is -0.886. The third kappa shape index (κ3) is 2.65. The van der Waals surface area contributed by atoms with E-state index in [-0.39, 0.29) is 12.1 Å². The summed E-state index contributed by atoms with van der Waals surface area (Å²) in [7, 11) is 0. The van der Waals surface area contributed by atoms with E-state index in [4.69, 9.17) is 10.8 Å². The minimum Gasteiger partial charge on any atom is -0.478 e. The highest BCUT2D eigenvalue weighted by Crippen LogP contribution is 2.25. The molecule has 0 saturated carbocycles. The molecule has 0 radical (unpaired) electrons. The predicted molar refractivity (Wildman–Crippen MR) is 65.9 cm³/mol. The summed E-state index contributed by atoms with van der Waals surface area (Å²) in [5, 5.41) is 12.3. The molecular formula is C13H18N2O2. The van der Waals surface area contributed by atoms with E-state index in [2.05, 4.69) is 12.2 Å². The van der Waals surface area contributed by atoms with Crippen LogP contribution in [0.5, 0.6) is 0 Å². The van der Waals surface area contributed by atoms with E-state index in [1.54, 1.807) is 12.1 Å². The van der Waals surface area contributed by atoms with E-state index in [1.165, 1.54) is 0 Å². The standard InChI is InChI=1S/C13H18N2O2/c1-8-11(14)6-7-12(15-8)9-2-4-10(5-3-9)13(16)17/h2-5,8,11-12,15H,6-7,14H2,1H3,(H,16,17). The van der Waals surface area contributed by atoms with Gasteiger partial charge in [-0.1, -0.05) is 12.1 Å². The molecule has 0 bridgehead atoms. The van der Waals surface area contributed by atoms with Crippen LogP contribution in [0.15, 0.2) is 24.3 Å². The summed E-state index contributed by atoms with van der Waals surface area (Å²) >= 11 is 0. The van der Waals surface area contributed by atoms with Crippen LogP contribution >= 0.6 is 0 Å². The maximum atomic E-state index is 10.8. The molecule has 1 fully saturated rings. The van der Waals surface area contributed by atoms with E-state index in [0.29, 0.717) is 11.6 Å². The van der Waals surface area contributed by atoms with E-state index < -0.39 is 5.97 Å². The summed E-state index contributed by atoms with van der Waals surface area (Å²) in [5.41, 5.74) is 7.40. The Hall–Kier alpha value is -1.39. The summed E-state index contributed by atoms with van der Waals surface area (Å²) in [5.74, 6) is -0.886. The van der Waals surface area contributed by atoms with Crippen molar-refractivity contribution in [1.82, 2.24) is 5.32 Å². The van der Waals surface area contributed by atoms with Gasteiger partial charge in [-0.2, -0.15) is 0 Å². The molecule has 3 atom stereocenters. The molecule has 0 aromatic heterocycles. The van der Waals surface area contributed by atoms with Crippen LogP contribution in [0.2, 0.25) is 0 Å². The molecule has 17 heavy (non-hydrogen) atoms. The molecule has 4 nitrogen and oxygen atoms in total. The van der Waals surface area contributed by atoms with E-state index >= 15 is 0 Å². The van der Waals surface area contributed by atoms with Gasteiger partial charge in [-0.05, 0) is 37.5 Å². The summed E-state index contributed by atoms with van der Waals surface area (Å²) < 4.78 is 0. The Kier molecular flexibility index (Phi) is 3.45. The van der Waals surface area contributed by atoms with Crippen LogP contribution < -0.4 is 11.1 Å². The molecular weight excluding hydrogens is 216 g/mol. The maximum Gasteiger partial charge on any atom is 0.335 e. The number of hydrogen-bond donors (Lipinski definition) is 3. The van der Waals surface area contributed by atoms with Crippen LogP contribution in [0.4, 0.5) is 0 Å². The lowest BCUT2D eigenvalue weighted by Crippen LogP contribution is -2.48. The normalized spacial score (nSPS) is 28.9. The summed E-state index contributed by atoms with van der Waals surface area (Å²) in [6.07, 6.45) is 2.00. The number of aromatic carboxylic acids is 1. The molecule has 1 aliphatic heterocycles. The molecule has 92 valence electrons. The molecule has 4 N–H and O–H groups in total. The molecule has 1 aromatic carbocycles. The molecule has 0 spiro atoms. The van der Waals surface area contributed by atoms with E-state index in [1.807, 2.05) is 12.1 Å². The summed E-state index contributed by atoms with van der Waals surface area (Å²) in [6.45, 7) is 2.09. The van der Waals surface area contributed by atoms with Crippen molar-refractivity contribution in [1.29, 1.82) is 0 Å². The van der Waals surface area contributed by atoms with Gasteiger partial charge >= 0.3 is 5.97 Å². The van der Waals surface area contributed by atoms with Gasteiger partial charge in [-0.15, -0.1) is 0 Å². The van der Waals surface area contributed by atoms with Crippen LogP contribution in [0, 0.1) is 0 Å². The highest BCUT2D eigenvalue weighted by atomic mass is 16.4. The molecule has 0 aliphatic carbocycles. The fourth-order valence-corrected chi connectivity index (χ4v) is 2.25. The second-order valence-corrected chi connectivity index (χ2v) is 4.68. The number of carbonyl (C=O) groups is 1. The van der Waals surface area contributed by atoms with Gasteiger partial charge < -0.3 is 16.2 Å². The second-order valence-electron chi connectivity index (χ2n) is 4.68. The topological polar surface area (TPSA) is 75.3 Å². The Bertz CT molecular complexity index is 402. The van der Waals surface area contributed by atoms with Gasteiger partial charge in [0.2, 0.25) is 0 Å². The van der Waals surface area contributed by atoms with Gasteiger partial charge in [-0.3, -0.25) is 0 Å². The molecule has 1 saturated heterocycles. The van der Waals surface area contributed by atoms with Gasteiger partial charge in [0.15, 0.2) is 0 Å². The SMILES string of the molecule is CC1NC(c2ccc(C(=O)O)cc2)CCC1N. The van der Waals surface area contributed by atoms with Gasteiger partial charge in [0, 0.05) is 18.1 Å². The van der Waals surface area contributed by atoms with Crippen molar-refractivity contribution in [2.75, 3.05) is 0 Å². The number of nitrogens with two attached hydrogens (primary N) is 1. The fraction of sp³-hybridized carbons (Fsp3) is 0.462. The molecule has 4 heteroatoms. The Morgan fingerprint density at radius 2 is 2.00 bits per heavy atom. The zero-order valence-corrected chi connectivity index (χ0v) is 9.89. The number of benzene rings is 1. The summed E-state index contributed by atoms with van der Waals surface area (Å²) in [4.78, 5) is 10.8. The van der Waals surface area contributed by atoms with Crippen LogP contribution in [-0.2, 0) is 0 Å². The molecule has 1 heterocycles. The average molecular weight is 234 g/mol. The second kappa shape index (κ2) is 4.85. The molecule has 0 amide bonds. The number of carboxylic acids is 1. The van der Waals surface area contributed by atoms with Gasteiger partial charge in [-0.25, -0.2) is 4.79 Å². The first kappa shape index (κ1) is 12.1. The first-order valence-electron chi connectivity index (χ1n) is 5.93. The van der Waals surface area contributed by atoms with Crippen LogP contribution in [0.1, 0.15) is 41.7 Å². The molecule has 1 aliphatic rings. The quantitative estimate of drug-likeness (QED) is 0.725. The molecule has 2 rings (SSSR count). The number of rotatable bonds is 2. The third-order valence-electron chi connectivity index (χ3n) is 3.45. The van der Waals surface area contributed by atoms with Crippen molar-refractivity contribution >= 4 is 5.97 Å².